The fourth-order valence-corrected chi connectivity index (χ4v) is 3.42. The van der Waals surface area contributed by atoms with E-state index in [1.807, 2.05) is 18.2 Å². The highest BCUT2D eigenvalue weighted by Crippen LogP contribution is 2.26. The average molecular weight is 435 g/mol. The number of carbonyl (C=O) groups is 3. The van der Waals surface area contributed by atoms with Crippen LogP contribution >= 0.6 is 11.8 Å². The van der Waals surface area contributed by atoms with E-state index >= 15 is 0 Å². The summed E-state index contributed by atoms with van der Waals surface area (Å²) in [7, 11) is 0. The van der Waals surface area contributed by atoms with E-state index in [1.54, 1.807) is 48.7 Å². The maximum atomic E-state index is 12.1. The SMILES string of the molecule is O=C(Cn1cc(COc2ccc(C=C3SC(=O)NC3=O)cc2)nn1)Nc1ccccc1. The van der Waals surface area contributed by atoms with Crippen molar-refractivity contribution in [2.24, 2.45) is 0 Å². The first kappa shape index (κ1) is 20.4. The zero-order chi connectivity index (χ0) is 21.6. The van der Waals surface area contributed by atoms with Crippen LogP contribution in [-0.2, 0) is 22.7 Å². The summed E-state index contributed by atoms with van der Waals surface area (Å²) in [5, 5.41) is 12.6. The molecule has 0 radical (unpaired) electrons. The van der Waals surface area contributed by atoms with Gasteiger partial charge in [0.25, 0.3) is 11.1 Å². The van der Waals surface area contributed by atoms with Gasteiger partial charge in [0.1, 0.15) is 24.6 Å². The maximum absolute atomic E-state index is 12.1. The normalized spacial score (nSPS) is 14.5. The number of ether oxygens (including phenoxy) is 1. The van der Waals surface area contributed by atoms with Crippen molar-refractivity contribution in [2.75, 3.05) is 5.32 Å². The molecule has 31 heavy (non-hydrogen) atoms. The van der Waals surface area contributed by atoms with Crippen molar-refractivity contribution < 1.29 is 19.1 Å². The molecule has 2 N–H and O–H groups in total. The summed E-state index contributed by atoms with van der Waals surface area (Å²) in [6.07, 6.45) is 3.29. The van der Waals surface area contributed by atoms with Crippen LogP contribution in [0, 0.1) is 0 Å². The van der Waals surface area contributed by atoms with Crippen molar-refractivity contribution in [3.05, 3.63) is 77.0 Å². The second kappa shape index (κ2) is 9.26. The molecule has 3 aromatic rings. The van der Waals surface area contributed by atoms with Gasteiger partial charge in [0, 0.05) is 5.69 Å². The third-order valence-electron chi connectivity index (χ3n) is 4.16. The van der Waals surface area contributed by atoms with Crippen molar-refractivity contribution in [1.82, 2.24) is 20.3 Å². The number of carbonyl (C=O) groups excluding carboxylic acids is 3. The molecule has 0 saturated carbocycles. The standard InChI is InChI=1S/C21H17N5O4S/c27-19(22-15-4-2-1-3-5-15)12-26-11-16(24-25-26)13-30-17-8-6-14(7-9-17)10-18-20(28)23-21(29)31-18/h1-11H,12-13H2,(H,22,27)(H,23,28,29). The van der Waals surface area contributed by atoms with Crippen LogP contribution in [0.15, 0.2) is 65.7 Å². The monoisotopic (exact) mass is 435 g/mol. The van der Waals surface area contributed by atoms with Gasteiger partial charge in [-0.2, -0.15) is 0 Å². The lowest BCUT2D eigenvalue weighted by atomic mass is 10.2. The molecule has 1 aliphatic heterocycles. The van der Waals surface area contributed by atoms with E-state index in [4.69, 9.17) is 4.74 Å². The molecule has 1 saturated heterocycles. The number of hydrogen-bond donors (Lipinski definition) is 2. The average Bonchev–Trinajstić information content (AvgIpc) is 3.33. The molecule has 3 amide bonds. The molecular formula is C21H17N5O4S. The Labute approximate surface area is 181 Å². The Morgan fingerprint density at radius 2 is 1.90 bits per heavy atom. The highest BCUT2D eigenvalue weighted by molar-refractivity contribution is 8.18. The molecule has 0 bridgehead atoms. The van der Waals surface area contributed by atoms with E-state index in [0.29, 0.717) is 22.0 Å². The Balaban J connectivity index is 1.28. The van der Waals surface area contributed by atoms with E-state index in [-0.39, 0.29) is 24.3 Å². The molecule has 2 aromatic carbocycles. The van der Waals surface area contributed by atoms with Gasteiger partial charge in [0.05, 0.1) is 11.1 Å². The van der Waals surface area contributed by atoms with Crippen molar-refractivity contribution in [1.29, 1.82) is 0 Å². The number of benzene rings is 2. The Morgan fingerprint density at radius 3 is 2.61 bits per heavy atom. The summed E-state index contributed by atoms with van der Waals surface area (Å²) in [5.41, 5.74) is 2.07. The smallest absolute Gasteiger partial charge is 0.290 e. The van der Waals surface area contributed by atoms with Crippen LogP contribution in [0.2, 0.25) is 0 Å². The van der Waals surface area contributed by atoms with E-state index < -0.39 is 5.91 Å². The lowest BCUT2D eigenvalue weighted by Gasteiger charge is -2.05. The van der Waals surface area contributed by atoms with Crippen LogP contribution in [0.3, 0.4) is 0 Å². The molecule has 156 valence electrons. The van der Waals surface area contributed by atoms with Gasteiger partial charge in [-0.3, -0.25) is 19.7 Å². The number of imide groups is 1. The third-order valence-corrected chi connectivity index (χ3v) is 4.97. The van der Waals surface area contributed by atoms with Crippen LogP contribution in [-0.4, -0.2) is 32.0 Å². The van der Waals surface area contributed by atoms with Gasteiger partial charge in [-0.15, -0.1) is 5.10 Å². The van der Waals surface area contributed by atoms with Crippen molar-refractivity contribution in [2.45, 2.75) is 13.2 Å². The van der Waals surface area contributed by atoms with Crippen LogP contribution in [0.1, 0.15) is 11.3 Å². The number of aromatic nitrogens is 3. The number of para-hydroxylation sites is 1. The van der Waals surface area contributed by atoms with Gasteiger partial charge < -0.3 is 10.1 Å². The predicted molar refractivity (Wildman–Crippen MR) is 115 cm³/mol. The van der Waals surface area contributed by atoms with Gasteiger partial charge >= 0.3 is 0 Å². The molecule has 9 nitrogen and oxygen atoms in total. The topological polar surface area (TPSA) is 115 Å². The molecule has 1 fully saturated rings. The van der Waals surface area contributed by atoms with E-state index in [1.165, 1.54) is 4.68 Å². The van der Waals surface area contributed by atoms with Gasteiger partial charge in [-0.25, -0.2) is 4.68 Å². The number of hydrogen-bond acceptors (Lipinski definition) is 7. The zero-order valence-corrected chi connectivity index (χ0v) is 17.0. The molecule has 10 heteroatoms. The van der Waals surface area contributed by atoms with Crippen LogP contribution in [0.25, 0.3) is 6.08 Å². The molecule has 0 aliphatic carbocycles. The Bertz CT molecular complexity index is 1140. The number of thioether (sulfide) groups is 1. The molecule has 0 atom stereocenters. The predicted octanol–water partition coefficient (Wildman–Crippen LogP) is 2.82. The molecule has 4 rings (SSSR count). The first-order valence-electron chi connectivity index (χ1n) is 9.27. The van der Waals surface area contributed by atoms with Gasteiger partial charge in [0.15, 0.2) is 0 Å². The minimum absolute atomic E-state index is 0.0410. The fourth-order valence-electron chi connectivity index (χ4n) is 2.74. The number of anilines is 1. The number of nitrogens with one attached hydrogen (secondary N) is 2. The molecule has 0 spiro atoms. The van der Waals surface area contributed by atoms with Crippen molar-refractivity contribution in [3.63, 3.8) is 0 Å². The summed E-state index contributed by atoms with van der Waals surface area (Å²) in [5.74, 6) is 0.0121. The highest BCUT2D eigenvalue weighted by Gasteiger charge is 2.24. The largest absolute Gasteiger partial charge is 0.487 e. The second-order valence-corrected chi connectivity index (χ2v) is 7.55. The molecule has 1 aliphatic rings. The summed E-state index contributed by atoms with van der Waals surface area (Å²) in [6.45, 7) is 0.229. The molecule has 0 unspecified atom stereocenters. The van der Waals surface area contributed by atoms with E-state index in [0.717, 1.165) is 17.3 Å². The first-order chi connectivity index (χ1) is 15.0. The van der Waals surface area contributed by atoms with Crippen LogP contribution in [0.4, 0.5) is 10.5 Å². The summed E-state index contributed by atoms with van der Waals surface area (Å²) >= 11 is 0.871. The minimum Gasteiger partial charge on any atom is -0.487 e. The highest BCUT2D eigenvalue weighted by atomic mass is 32.2. The zero-order valence-electron chi connectivity index (χ0n) is 16.1. The van der Waals surface area contributed by atoms with Gasteiger partial charge in [-0.05, 0) is 47.7 Å². The van der Waals surface area contributed by atoms with E-state index in [9.17, 15) is 14.4 Å². The fraction of sp³-hybridized carbons (Fsp3) is 0.0952. The summed E-state index contributed by atoms with van der Waals surface area (Å²) < 4.78 is 7.14. The second-order valence-electron chi connectivity index (χ2n) is 6.53. The van der Waals surface area contributed by atoms with E-state index in [2.05, 4.69) is 20.9 Å². The van der Waals surface area contributed by atoms with Crippen molar-refractivity contribution >= 4 is 40.6 Å². The number of amides is 3. The van der Waals surface area contributed by atoms with Crippen LogP contribution in [0.5, 0.6) is 5.75 Å². The van der Waals surface area contributed by atoms with Gasteiger partial charge in [-0.1, -0.05) is 35.5 Å². The molecule has 1 aromatic heterocycles. The van der Waals surface area contributed by atoms with Crippen molar-refractivity contribution in [3.8, 4) is 5.75 Å². The Morgan fingerprint density at radius 1 is 1.13 bits per heavy atom. The minimum atomic E-state index is -0.393. The quantitative estimate of drug-likeness (QED) is 0.548. The Kier molecular flexibility index (Phi) is 6.08. The third kappa shape index (κ3) is 5.58. The lowest BCUT2D eigenvalue weighted by Crippen LogP contribution is -2.19. The first-order valence-corrected chi connectivity index (χ1v) is 10.1. The summed E-state index contributed by atoms with van der Waals surface area (Å²) in [6, 6.07) is 16.2. The summed E-state index contributed by atoms with van der Waals surface area (Å²) in [4.78, 5) is 35.2. The molecule has 2 heterocycles. The molecular weight excluding hydrogens is 418 g/mol. The Hall–Kier alpha value is -3.92. The number of nitrogens with zero attached hydrogens (tertiary/aromatic N) is 3. The maximum Gasteiger partial charge on any atom is 0.290 e. The lowest BCUT2D eigenvalue weighted by molar-refractivity contribution is -0.117. The van der Waals surface area contributed by atoms with Gasteiger partial charge in [0.2, 0.25) is 5.91 Å². The number of rotatable bonds is 7. The van der Waals surface area contributed by atoms with Crippen LogP contribution < -0.4 is 15.4 Å².